The van der Waals surface area contributed by atoms with Crippen molar-refractivity contribution < 1.29 is 27.9 Å². The first kappa shape index (κ1) is 28.1. The second kappa shape index (κ2) is 10.5. The third kappa shape index (κ3) is 6.86. The quantitative estimate of drug-likeness (QED) is 0.201. The van der Waals surface area contributed by atoms with Gasteiger partial charge in [0, 0.05) is 11.0 Å². The number of nitrogens with zero attached hydrogens (tertiary/aromatic N) is 4. The number of carbonyl (C=O) groups is 2. The zero-order chi connectivity index (χ0) is 26.2. The number of nitrogens with two attached hydrogens (primary N) is 1. The van der Waals surface area contributed by atoms with Crippen molar-refractivity contribution in [1.82, 2.24) is 25.5 Å². The number of thioether (sulfide) groups is 2. The summed E-state index contributed by atoms with van der Waals surface area (Å²) in [5.41, 5.74) is 5.11. The molecule has 1 aromatic heterocycles. The highest BCUT2D eigenvalue weighted by atomic mass is 32.2. The van der Waals surface area contributed by atoms with Crippen LogP contribution in [0.3, 0.4) is 0 Å². The minimum Gasteiger partial charge on any atom is -0.455 e. The van der Waals surface area contributed by atoms with Crippen LogP contribution in [0.1, 0.15) is 48.5 Å². The molecule has 2 aliphatic rings. The fraction of sp³-hybridized carbons (Fsp3) is 0.750. The maximum absolute atomic E-state index is 13.8. The van der Waals surface area contributed by atoms with Crippen molar-refractivity contribution >= 4 is 43.0 Å². The Morgan fingerprint density at radius 3 is 2.54 bits per heavy atom. The fourth-order valence-electron chi connectivity index (χ4n) is 3.58. The van der Waals surface area contributed by atoms with E-state index >= 15 is 0 Å². The van der Waals surface area contributed by atoms with Crippen LogP contribution in [0.2, 0.25) is 0 Å². The summed E-state index contributed by atoms with van der Waals surface area (Å²) in [4.78, 5) is 27.5. The molecule has 1 aromatic rings. The molecular weight excluding hydrogens is 515 g/mol. The van der Waals surface area contributed by atoms with Crippen LogP contribution in [0.15, 0.2) is 16.4 Å². The van der Waals surface area contributed by atoms with Crippen LogP contribution in [0.25, 0.3) is 0 Å². The number of tetrazole rings is 1. The highest BCUT2D eigenvalue weighted by Crippen LogP contribution is 2.55. The van der Waals surface area contributed by atoms with E-state index in [1.165, 1.54) is 16.7 Å². The third-order valence-corrected chi connectivity index (χ3v) is 9.70. The van der Waals surface area contributed by atoms with Gasteiger partial charge in [0.2, 0.25) is 11.1 Å². The number of hydrogen-bond donors (Lipinski definition) is 2. The minimum absolute atomic E-state index is 0.0851. The van der Waals surface area contributed by atoms with E-state index in [4.69, 9.17) is 19.5 Å². The molecule has 0 aliphatic carbocycles. The summed E-state index contributed by atoms with van der Waals surface area (Å²) in [6, 6.07) is -0.707. The molecule has 1 amide bonds. The molecule has 12 nitrogen and oxygen atoms in total. The molecule has 2 unspecified atom stereocenters. The Labute approximate surface area is 213 Å². The van der Waals surface area contributed by atoms with Gasteiger partial charge in [0.05, 0.1) is 18.4 Å². The molecule has 1 fully saturated rings. The highest BCUT2D eigenvalue weighted by Gasteiger charge is 2.53. The molecule has 0 bridgehead atoms. The van der Waals surface area contributed by atoms with Gasteiger partial charge in [0.1, 0.15) is 22.7 Å². The summed E-state index contributed by atoms with van der Waals surface area (Å²) in [5.74, 6) is -0.670. The number of rotatable bonds is 9. The summed E-state index contributed by atoms with van der Waals surface area (Å²) in [7, 11) is -3.65. The van der Waals surface area contributed by atoms with Gasteiger partial charge < -0.3 is 19.5 Å². The molecular formula is C20H33N6O6PS2. The van der Waals surface area contributed by atoms with Crippen LogP contribution in [0.4, 0.5) is 0 Å². The van der Waals surface area contributed by atoms with Crippen LogP contribution >= 0.6 is 31.1 Å². The maximum atomic E-state index is 13.8. The van der Waals surface area contributed by atoms with E-state index < -0.39 is 36.1 Å². The van der Waals surface area contributed by atoms with Crippen molar-refractivity contribution in [1.29, 1.82) is 0 Å². The molecule has 196 valence electrons. The molecule has 2 aliphatic heterocycles. The summed E-state index contributed by atoms with van der Waals surface area (Å²) in [6.45, 7) is 12.5. The van der Waals surface area contributed by atoms with Gasteiger partial charge in [-0.25, -0.2) is 4.79 Å². The third-order valence-electron chi connectivity index (χ3n) is 4.72. The number of β-lactam (4-membered cyclic amide) rings is 1. The Bertz CT molecular complexity index is 1020. The van der Waals surface area contributed by atoms with Gasteiger partial charge >= 0.3 is 13.6 Å². The Hall–Kier alpha value is -1.44. The van der Waals surface area contributed by atoms with Crippen LogP contribution in [-0.2, 0) is 27.9 Å². The average Bonchev–Trinajstić information content (AvgIpc) is 3.22. The largest absolute Gasteiger partial charge is 0.455 e. The molecule has 0 radical (unpaired) electrons. The number of H-pyrrole nitrogens is 1. The van der Waals surface area contributed by atoms with E-state index in [0.29, 0.717) is 11.3 Å². The van der Waals surface area contributed by atoms with Gasteiger partial charge in [-0.15, -0.1) is 22.0 Å². The number of nitrogens with one attached hydrogen (secondary N) is 1. The van der Waals surface area contributed by atoms with Gasteiger partial charge in [-0.1, -0.05) is 11.8 Å². The van der Waals surface area contributed by atoms with Crippen molar-refractivity contribution in [2.75, 3.05) is 18.5 Å². The Morgan fingerprint density at radius 1 is 1.31 bits per heavy atom. The van der Waals surface area contributed by atoms with Crippen molar-refractivity contribution in [3.63, 3.8) is 0 Å². The molecule has 0 spiro atoms. The average molecular weight is 549 g/mol. The molecule has 0 aromatic carbocycles. The standard InChI is InChI=1S/C20H33N6O6PS2/c1-8-30-33(29,32-20(5,6)7)9-12(35-18-22-24-25-23-18)11-10-34-16-13(21)15(27)26(16)14(11)17(28)31-19(2,3)4/h12-13,16H,8-10,21H2,1-7H3,(H,22,23,24,25)/t12?,13-,16+,33?/m1/s1. The summed E-state index contributed by atoms with van der Waals surface area (Å²) in [6.07, 6.45) is -0.0851. The van der Waals surface area contributed by atoms with Gasteiger partial charge in [-0.3, -0.25) is 14.3 Å². The number of esters is 1. The van der Waals surface area contributed by atoms with E-state index in [1.54, 1.807) is 48.5 Å². The number of ether oxygens (including phenoxy) is 1. The van der Waals surface area contributed by atoms with Gasteiger partial charge in [0.15, 0.2) is 0 Å². The number of aromatic amines is 1. The Morgan fingerprint density at radius 2 is 2.00 bits per heavy atom. The van der Waals surface area contributed by atoms with Gasteiger partial charge in [-0.05, 0) is 59.3 Å². The van der Waals surface area contributed by atoms with Crippen molar-refractivity contribution in [3.8, 4) is 0 Å². The summed E-state index contributed by atoms with van der Waals surface area (Å²) < 4.78 is 31.0. The smallest absolute Gasteiger partial charge is 0.355 e. The normalized spacial score (nSPS) is 23.4. The lowest BCUT2D eigenvalue weighted by molar-refractivity contribution is -0.158. The van der Waals surface area contributed by atoms with Crippen LogP contribution in [0, 0.1) is 0 Å². The maximum Gasteiger partial charge on any atom is 0.355 e. The first-order valence-corrected chi connectivity index (χ1v) is 14.8. The lowest BCUT2D eigenvalue weighted by Crippen LogP contribution is -2.69. The molecule has 15 heteroatoms. The molecule has 3 rings (SSSR count). The molecule has 4 atom stereocenters. The lowest BCUT2D eigenvalue weighted by Gasteiger charge is -2.49. The number of fused-ring (bicyclic) bond motifs is 1. The number of amides is 1. The zero-order valence-electron chi connectivity index (χ0n) is 20.9. The van der Waals surface area contributed by atoms with Crippen molar-refractivity contribution in [2.45, 2.75) is 81.5 Å². The molecule has 1 saturated heterocycles. The van der Waals surface area contributed by atoms with E-state index in [9.17, 15) is 14.2 Å². The molecule has 3 N–H and O–H groups in total. The van der Waals surface area contributed by atoms with E-state index in [0.717, 1.165) is 11.8 Å². The summed E-state index contributed by atoms with van der Waals surface area (Å²) in [5, 5.41) is 13.2. The monoisotopic (exact) mass is 548 g/mol. The van der Waals surface area contributed by atoms with Gasteiger partial charge in [0.25, 0.3) is 0 Å². The van der Waals surface area contributed by atoms with Crippen LogP contribution < -0.4 is 5.73 Å². The zero-order valence-corrected chi connectivity index (χ0v) is 23.5. The van der Waals surface area contributed by atoms with E-state index in [2.05, 4.69) is 20.6 Å². The second-order valence-electron chi connectivity index (χ2n) is 10.0. The van der Waals surface area contributed by atoms with E-state index in [1.807, 2.05) is 0 Å². The SMILES string of the molecule is CCOP(=O)(CC(Sc1nn[nH]n1)C1=C(C(=O)OC(C)(C)C)N2C(=O)[C@@H](N)[C@@H]2SC1)OC(C)(C)C. The second-order valence-corrected chi connectivity index (χ2v) is 14.3. The van der Waals surface area contributed by atoms with Gasteiger partial charge in [-0.2, -0.15) is 5.21 Å². The number of carbonyl (C=O) groups excluding carboxylic acids is 2. The predicted molar refractivity (Wildman–Crippen MR) is 133 cm³/mol. The Kier molecular flexibility index (Phi) is 8.45. The number of hydrogen-bond acceptors (Lipinski definition) is 12. The predicted octanol–water partition coefficient (Wildman–Crippen LogP) is 2.54. The summed E-state index contributed by atoms with van der Waals surface area (Å²) >= 11 is 2.58. The molecule has 0 saturated carbocycles. The van der Waals surface area contributed by atoms with Crippen molar-refractivity contribution in [2.24, 2.45) is 5.73 Å². The highest BCUT2D eigenvalue weighted by molar-refractivity contribution is 8.01. The first-order valence-electron chi connectivity index (χ1n) is 11.2. The molecule has 3 heterocycles. The minimum atomic E-state index is -3.65. The topological polar surface area (TPSA) is 163 Å². The fourth-order valence-corrected chi connectivity index (χ4v) is 8.77. The van der Waals surface area contributed by atoms with E-state index in [-0.39, 0.29) is 34.9 Å². The lowest BCUT2D eigenvalue weighted by atomic mass is 10.0. The van der Waals surface area contributed by atoms with Crippen LogP contribution in [0.5, 0.6) is 0 Å². The molecule has 35 heavy (non-hydrogen) atoms. The number of aromatic nitrogens is 4. The van der Waals surface area contributed by atoms with Crippen molar-refractivity contribution in [3.05, 3.63) is 11.3 Å². The Balaban J connectivity index is 2.09. The first-order chi connectivity index (χ1) is 16.1. The van der Waals surface area contributed by atoms with Crippen LogP contribution in [-0.4, -0.2) is 83.8 Å².